The van der Waals surface area contributed by atoms with Gasteiger partial charge in [-0.25, -0.2) is 8.78 Å². The second kappa shape index (κ2) is 40.4. The van der Waals surface area contributed by atoms with E-state index in [0.29, 0.717) is 38.7 Å². The summed E-state index contributed by atoms with van der Waals surface area (Å²) >= 11 is 13.6. The van der Waals surface area contributed by atoms with Crippen molar-refractivity contribution in [3.8, 4) is 11.5 Å². The summed E-state index contributed by atoms with van der Waals surface area (Å²) in [5.41, 5.74) is 6.64. The summed E-state index contributed by atoms with van der Waals surface area (Å²) in [5.74, 6) is -7.79. The maximum Gasteiger partial charge on any atom is 0.247 e. The van der Waals surface area contributed by atoms with E-state index in [2.05, 4.69) is 24.3 Å². The van der Waals surface area contributed by atoms with Gasteiger partial charge in [-0.2, -0.15) is 8.78 Å². The quantitative estimate of drug-likeness (QED) is 0.0298. The van der Waals surface area contributed by atoms with Gasteiger partial charge in [-0.1, -0.05) is 243 Å². The lowest BCUT2D eigenvalue weighted by Crippen LogP contribution is -2.66. The van der Waals surface area contributed by atoms with Crippen LogP contribution in [-0.4, -0.2) is 104 Å². The van der Waals surface area contributed by atoms with Crippen LogP contribution in [0.25, 0.3) is 0 Å². The van der Waals surface area contributed by atoms with Gasteiger partial charge in [0.05, 0.1) is 71.2 Å². The van der Waals surface area contributed by atoms with Gasteiger partial charge in [0, 0.05) is 48.2 Å². The molecule has 10 aromatic rings. The highest BCUT2D eigenvalue weighted by Crippen LogP contribution is 2.50. The van der Waals surface area contributed by atoms with Gasteiger partial charge in [-0.15, -0.1) is 0 Å². The third-order valence-electron chi connectivity index (χ3n) is 21.0. The Balaban J connectivity index is 0.000000225. The number of hydrogen-bond acceptors (Lipinski definition) is 14. The minimum atomic E-state index is -1.68. The standard InChI is InChI=1S/C49H54ClF2O7Si.C43H43ClF2O7/c1-7-54-40-26-23-36(42(51)43(40)52)27-37-28-38(24-25-39(37)50)49(53-6)46(57-32-35-21-15-10-16-22-35)45(56-31-34-19-13-9-14-20-34)44(55-30-33-17-11-8-12-18-33)41(58-49)29-47(2,3)48(4,5)59-60;1-3-49-36-22-19-32(38(45)39(36)46)23-33-24-34(20-21-35(33)44)43(48-2)42(52-28-31-17-11-6-12-18-31)41(51-27-30-15-9-5-10-16-30)40(37(25-47)53-43)50-26-29-13-7-4-8-14-29/h8-26,28,41,44-46H,7,27,29-32H2,1-6H3;4-22,24,37,40-42,47H,3,23,25-28H2,1-2H3/t41-,44-,45+,46-,49+;37-,40-,41+,42-,43+/m11/s1. The number of rotatable bonds is 35. The first kappa shape index (κ1) is 85.7. The van der Waals surface area contributed by atoms with E-state index < -0.39 is 101 Å². The molecule has 2 fully saturated rings. The van der Waals surface area contributed by atoms with Gasteiger partial charge >= 0.3 is 0 Å². The fraction of sp³-hybridized carbons (Fsp3) is 0.348. The summed E-state index contributed by atoms with van der Waals surface area (Å²) in [6.07, 6.45) is -6.28. The molecule has 21 heteroatoms. The number of ether oxygens (including phenoxy) is 12. The maximum atomic E-state index is 15.6. The molecule has 1 N–H and O–H groups in total. The van der Waals surface area contributed by atoms with Crippen molar-refractivity contribution in [3.63, 3.8) is 0 Å². The average Bonchev–Trinajstić information content (AvgIpc) is 0.734. The molecule has 0 amide bonds. The van der Waals surface area contributed by atoms with E-state index in [9.17, 15) is 9.50 Å². The number of halogens is 6. The van der Waals surface area contributed by atoms with Crippen LogP contribution in [0.4, 0.5) is 17.6 Å². The second-order valence-electron chi connectivity index (χ2n) is 29.0. The molecule has 2 aliphatic heterocycles. The van der Waals surface area contributed by atoms with Crippen LogP contribution in [0.2, 0.25) is 10.0 Å². The molecule has 2 aliphatic rings. The summed E-state index contributed by atoms with van der Waals surface area (Å²) in [5, 5.41) is 11.6. The summed E-state index contributed by atoms with van der Waals surface area (Å²) in [6.45, 7) is 12.9. The van der Waals surface area contributed by atoms with E-state index in [1.54, 1.807) is 45.2 Å². The van der Waals surface area contributed by atoms with Crippen LogP contribution in [0.3, 0.4) is 0 Å². The molecule has 12 rings (SSSR count). The van der Waals surface area contributed by atoms with Crippen molar-refractivity contribution in [1.29, 1.82) is 0 Å². The van der Waals surface area contributed by atoms with Gasteiger partial charge in [0.2, 0.25) is 33.7 Å². The molecule has 2 saturated heterocycles. The molecule has 10 aromatic carbocycles. The zero-order valence-corrected chi connectivity index (χ0v) is 67.2. The van der Waals surface area contributed by atoms with E-state index >= 15 is 13.2 Å². The fourth-order valence-corrected chi connectivity index (χ4v) is 14.8. The number of hydrogen-bond donors (Lipinski definition) is 1. The predicted molar refractivity (Wildman–Crippen MR) is 427 cm³/mol. The van der Waals surface area contributed by atoms with Crippen molar-refractivity contribution >= 4 is 33.7 Å². The van der Waals surface area contributed by atoms with Gasteiger partial charge in [0.1, 0.15) is 42.7 Å². The molecular formula is C92H97Cl2F4O14Si. The van der Waals surface area contributed by atoms with E-state index in [1.165, 1.54) is 31.4 Å². The smallest absolute Gasteiger partial charge is 0.247 e. The molecule has 10 atom stereocenters. The average molecular weight is 1600 g/mol. The van der Waals surface area contributed by atoms with Crippen LogP contribution in [0.5, 0.6) is 11.5 Å². The molecule has 3 radical (unpaired) electrons. The van der Waals surface area contributed by atoms with Crippen LogP contribution in [0, 0.1) is 28.7 Å². The van der Waals surface area contributed by atoms with Crippen LogP contribution < -0.4 is 9.47 Å². The van der Waals surface area contributed by atoms with Crippen molar-refractivity contribution in [2.24, 2.45) is 5.41 Å². The van der Waals surface area contributed by atoms with Gasteiger partial charge in [0.15, 0.2) is 23.1 Å². The molecule has 0 bridgehead atoms. The van der Waals surface area contributed by atoms with Crippen molar-refractivity contribution in [2.75, 3.05) is 34.0 Å². The lowest BCUT2D eigenvalue weighted by atomic mass is 9.71. The van der Waals surface area contributed by atoms with Crippen LogP contribution in [-0.2, 0) is 116 Å². The fourth-order valence-electron chi connectivity index (χ4n) is 14.1. The molecule has 0 unspecified atom stereocenters. The predicted octanol–water partition coefficient (Wildman–Crippen LogP) is 19.4. The highest BCUT2D eigenvalue weighted by Gasteiger charge is 2.61. The van der Waals surface area contributed by atoms with Crippen LogP contribution >= 0.6 is 23.2 Å². The molecule has 2 heterocycles. The van der Waals surface area contributed by atoms with E-state index in [4.69, 9.17) is 84.5 Å². The highest BCUT2D eigenvalue weighted by atomic mass is 35.5. The monoisotopic (exact) mass is 1600 g/mol. The topological polar surface area (TPSA) is 140 Å². The SMILES string of the molecule is CCOc1ccc(Cc2cc([C@]3(OC)O[C@H](CC(C)(C)C(C)(C)O[Si])[C@@H](OCc4ccccc4)[C@H](OCc4ccccc4)[C@H]3OCc3ccccc3)ccc2Cl)c(F)c1F.CCOc1ccc(Cc2cc([C@]3(OC)O[C@H](CO)[C@@H](OCc4ccccc4)[C@H](OCc4ccccc4)[C@H]3OCc3ccccc3)ccc2Cl)c(F)c1F. The van der Waals surface area contributed by atoms with Crippen molar-refractivity contribution in [1.82, 2.24) is 0 Å². The Hall–Kier alpha value is -8.16. The van der Waals surface area contributed by atoms with E-state index in [1.807, 2.05) is 208 Å². The lowest BCUT2D eigenvalue weighted by Gasteiger charge is -2.54. The van der Waals surface area contributed by atoms with Crippen molar-refractivity contribution in [2.45, 2.75) is 166 Å². The van der Waals surface area contributed by atoms with E-state index in [0.717, 1.165) is 33.4 Å². The van der Waals surface area contributed by atoms with Crippen molar-refractivity contribution < 1.29 is 83.9 Å². The zero-order valence-electron chi connectivity index (χ0n) is 64.7. The largest absolute Gasteiger partial charge is 0.491 e. The zero-order chi connectivity index (χ0) is 80.1. The van der Waals surface area contributed by atoms with Gasteiger partial charge in [-0.3, -0.25) is 0 Å². The third kappa shape index (κ3) is 20.9. The molecule has 113 heavy (non-hydrogen) atoms. The lowest BCUT2D eigenvalue weighted by molar-refractivity contribution is -0.385. The van der Waals surface area contributed by atoms with Gasteiger partial charge in [-0.05, 0) is 132 Å². The minimum Gasteiger partial charge on any atom is -0.491 e. The Bertz CT molecular complexity index is 4610. The maximum absolute atomic E-state index is 15.6. The Morgan fingerprint density at radius 3 is 1.02 bits per heavy atom. The Kier molecular flexibility index (Phi) is 30.7. The summed E-state index contributed by atoms with van der Waals surface area (Å²) in [6, 6.07) is 75.0. The van der Waals surface area contributed by atoms with Crippen molar-refractivity contribution in [3.05, 3.63) is 343 Å². The van der Waals surface area contributed by atoms with Crippen LogP contribution in [0.15, 0.2) is 243 Å². The minimum absolute atomic E-state index is 0.0268. The number of aliphatic hydroxyl groups is 1. The Morgan fingerprint density at radius 1 is 0.398 bits per heavy atom. The van der Waals surface area contributed by atoms with Gasteiger partial charge in [0.25, 0.3) is 0 Å². The summed E-state index contributed by atoms with van der Waals surface area (Å²) in [4.78, 5) is 0. The molecule has 0 saturated carbocycles. The summed E-state index contributed by atoms with van der Waals surface area (Å²) in [7, 11) is 6.41. The first-order chi connectivity index (χ1) is 54.7. The molecule has 0 aliphatic carbocycles. The normalized spacial score (nSPS) is 21.1. The van der Waals surface area contributed by atoms with E-state index in [-0.39, 0.29) is 88.3 Å². The number of benzene rings is 10. The van der Waals surface area contributed by atoms with Gasteiger partial charge < -0.3 is 66.4 Å². The summed E-state index contributed by atoms with van der Waals surface area (Å²) < 4.78 is 145. The van der Waals surface area contributed by atoms with Crippen LogP contribution in [0.1, 0.15) is 115 Å². The molecular weight excluding hydrogens is 1500 g/mol. The third-order valence-corrected chi connectivity index (χ3v) is 22.2. The number of methoxy groups -OCH3 is 2. The molecule has 0 spiro atoms. The molecule has 595 valence electrons. The Labute approximate surface area is 673 Å². The second-order valence-corrected chi connectivity index (χ2v) is 30.0. The highest BCUT2D eigenvalue weighted by molar-refractivity contribution is 6.31. The first-order valence-electron chi connectivity index (χ1n) is 37.8. The molecule has 14 nitrogen and oxygen atoms in total. The molecule has 0 aromatic heterocycles. The Morgan fingerprint density at radius 2 is 0.708 bits per heavy atom. The number of aliphatic hydroxyl groups excluding tert-OH is 1. The first-order valence-corrected chi connectivity index (χ1v) is 39.0.